The zero-order chi connectivity index (χ0) is 9.97. The van der Waals surface area contributed by atoms with Gasteiger partial charge in [-0.2, -0.15) is 0 Å². The molecule has 1 atom stereocenters. The van der Waals surface area contributed by atoms with Crippen LogP contribution in [0.4, 0.5) is 5.82 Å². The van der Waals surface area contributed by atoms with Gasteiger partial charge in [-0.1, -0.05) is 0 Å². The van der Waals surface area contributed by atoms with Crippen molar-refractivity contribution in [3.05, 3.63) is 23.9 Å². The molecule has 0 bridgehead atoms. The Balaban J connectivity index is 0.00000112. The smallest absolute Gasteiger partial charge is 0.128 e. The number of aromatic nitrogens is 1. The third kappa shape index (κ3) is 2.83. The second kappa shape index (κ2) is 5.33. The molecule has 0 radical (unpaired) electrons. The number of halogens is 1. The van der Waals surface area contributed by atoms with E-state index >= 15 is 0 Å². The highest BCUT2D eigenvalue weighted by atomic mass is 35.5. The SMILES string of the molecule is CN(C)c1cc(C2CCNC2)ccn1.Cl. The van der Waals surface area contributed by atoms with Crippen molar-refractivity contribution in [3.8, 4) is 0 Å². The lowest BCUT2D eigenvalue weighted by atomic mass is 9.99. The maximum absolute atomic E-state index is 4.32. The Morgan fingerprint density at radius 3 is 2.87 bits per heavy atom. The van der Waals surface area contributed by atoms with Crippen molar-refractivity contribution in [2.45, 2.75) is 12.3 Å². The predicted octanol–water partition coefficient (Wildman–Crippen LogP) is 1.65. The zero-order valence-corrected chi connectivity index (χ0v) is 10.0. The number of nitrogens with one attached hydrogen (secondary N) is 1. The highest BCUT2D eigenvalue weighted by molar-refractivity contribution is 5.85. The molecule has 0 aromatic carbocycles. The molecule has 1 saturated heterocycles. The maximum Gasteiger partial charge on any atom is 0.128 e. The van der Waals surface area contributed by atoms with Crippen LogP contribution in [-0.2, 0) is 0 Å². The standard InChI is InChI=1S/C11H17N3.ClH/c1-14(2)11-7-9(4-6-13-11)10-3-5-12-8-10;/h4,6-7,10,12H,3,5,8H2,1-2H3;1H. The quantitative estimate of drug-likeness (QED) is 0.833. The van der Waals surface area contributed by atoms with E-state index in [2.05, 4.69) is 22.4 Å². The lowest BCUT2D eigenvalue weighted by Crippen LogP contribution is -2.12. The van der Waals surface area contributed by atoms with E-state index < -0.39 is 0 Å². The maximum atomic E-state index is 4.32. The van der Waals surface area contributed by atoms with E-state index in [1.54, 1.807) is 0 Å². The summed E-state index contributed by atoms with van der Waals surface area (Å²) in [6, 6.07) is 4.32. The van der Waals surface area contributed by atoms with Crippen LogP contribution < -0.4 is 10.2 Å². The van der Waals surface area contributed by atoms with Crippen molar-refractivity contribution in [1.82, 2.24) is 10.3 Å². The fourth-order valence-corrected chi connectivity index (χ4v) is 1.87. The van der Waals surface area contributed by atoms with Gasteiger partial charge in [0.25, 0.3) is 0 Å². The first-order valence-electron chi connectivity index (χ1n) is 5.11. The molecule has 1 aromatic rings. The summed E-state index contributed by atoms with van der Waals surface area (Å²) in [4.78, 5) is 6.36. The summed E-state index contributed by atoms with van der Waals surface area (Å²) < 4.78 is 0. The topological polar surface area (TPSA) is 28.2 Å². The van der Waals surface area contributed by atoms with Crippen molar-refractivity contribution >= 4 is 18.2 Å². The fourth-order valence-electron chi connectivity index (χ4n) is 1.87. The van der Waals surface area contributed by atoms with Crippen LogP contribution in [0.5, 0.6) is 0 Å². The molecule has 1 aromatic heterocycles. The third-order valence-electron chi connectivity index (χ3n) is 2.76. The second-order valence-electron chi connectivity index (χ2n) is 4.03. The van der Waals surface area contributed by atoms with E-state index in [1.165, 1.54) is 12.0 Å². The van der Waals surface area contributed by atoms with Gasteiger partial charge in [0.15, 0.2) is 0 Å². The molecule has 3 nitrogen and oxygen atoms in total. The molecule has 84 valence electrons. The summed E-state index contributed by atoms with van der Waals surface area (Å²) in [5, 5.41) is 3.39. The molecule has 1 fully saturated rings. The van der Waals surface area contributed by atoms with Crippen LogP contribution in [0.2, 0.25) is 0 Å². The van der Waals surface area contributed by atoms with Gasteiger partial charge >= 0.3 is 0 Å². The number of nitrogens with zero attached hydrogens (tertiary/aromatic N) is 2. The van der Waals surface area contributed by atoms with Gasteiger partial charge in [-0.15, -0.1) is 12.4 Å². The molecule has 2 heterocycles. The summed E-state index contributed by atoms with van der Waals surface area (Å²) in [7, 11) is 4.05. The predicted molar refractivity (Wildman–Crippen MR) is 66.0 cm³/mol. The molecular weight excluding hydrogens is 210 g/mol. The summed E-state index contributed by atoms with van der Waals surface area (Å²) in [5.41, 5.74) is 1.41. The van der Waals surface area contributed by atoms with Gasteiger partial charge < -0.3 is 10.2 Å². The Hall–Kier alpha value is -0.800. The molecule has 4 heteroatoms. The molecule has 0 spiro atoms. The van der Waals surface area contributed by atoms with Crippen LogP contribution in [0.1, 0.15) is 17.9 Å². The largest absolute Gasteiger partial charge is 0.363 e. The summed E-state index contributed by atoms with van der Waals surface area (Å²) in [6.45, 7) is 2.25. The molecule has 0 aliphatic carbocycles. The molecule has 2 rings (SSSR count). The zero-order valence-electron chi connectivity index (χ0n) is 9.23. The van der Waals surface area contributed by atoms with Gasteiger partial charge in [0, 0.05) is 26.8 Å². The van der Waals surface area contributed by atoms with Crippen molar-refractivity contribution in [2.24, 2.45) is 0 Å². The van der Waals surface area contributed by atoms with Crippen molar-refractivity contribution < 1.29 is 0 Å². The average molecular weight is 228 g/mol. The number of pyridine rings is 1. The van der Waals surface area contributed by atoms with Crippen molar-refractivity contribution in [1.29, 1.82) is 0 Å². The minimum atomic E-state index is 0. The molecular formula is C11H18ClN3. The molecule has 1 aliphatic rings. The van der Waals surface area contributed by atoms with E-state index in [9.17, 15) is 0 Å². The summed E-state index contributed by atoms with van der Waals surface area (Å²) >= 11 is 0. The lowest BCUT2D eigenvalue weighted by molar-refractivity contribution is 0.761. The molecule has 1 unspecified atom stereocenters. The van der Waals surface area contributed by atoms with Crippen LogP contribution in [0.3, 0.4) is 0 Å². The normalized spacial score (nSPS) is 19.7. The minimum Gasteiger partial charge on any atom is -0.363 e. The Morgan fingerprint density at radius 1 is 1.47 bits per heavy atom. The Labute approximate surface area is 97.3 Å². The van der Waals surface area contributed by atoms with Crippen molar-refractivity contribution in [2.75, 3.05) is 32.1 Å². The lowest BCUT2D eigenvalue weighted by Gasteiger charge is -2.14. The van der Waals surface area contributed by atoms with Crippen LogP contribution in [0, 0.1) is 0 Å². The second-order valence-corrected chi connectivity index (χ2v) is 4.03. The highest BCUT2D eigenvalue weighted by Gasteiger charge is 2.16. The fraction of sp³-hybridized carbons (Fsp3) is 0.545. The average Bonchev–Trinajstić information content (AvgIpc) is 2.71. The van der Waals surface area contributed by atoms with Crippen molar-refractivity contribution in [3.63, 3.8) is 0 Å². The van der Waals surface area contributed by atoms with Gasteiger partial charge in [0.1, 0.15) is 5.82 Å². The van der Waals surface area contributed by atoms with Gasteiger partial charge in [0.2, 0.25) is 0 Å². The van der Waals surface area contributed by atoms with Gasteiger partial charge in [-0.3, -0.25) is 0 Å². The number of hydrogen-bond acceptors (Lipinski definition) is 3. The Kier molecular flexibility index (Phi) is 4.36. The van der Waals surface area contributed by atoms with E-state index in [1.807, 2.05) is 25.2 Å². The Bertz CT molecular complexity index is 308. The first-order chi connectivity index (χ1) is 6.77. The van der Waals surface area contributed by atoms with Gasteiger partial charge in [0.05, 0.1) is 0 Å². The first kappa shape index (κ1) is 12.3. The van der Waals surface area contributed by atoms with Crippen LogP contribution in [0.25, 0.3) is 0 Å². The molecule has 1 aliphatic heterocycles. The number of hydrogen-bond donors (Lipinski definition) is 1. The van der Waals surface area contributed by atoms with E-state index in [-0.39, 0.29) is 12.4 Å². The van der Waals surface area contributed by atoms with E-state index in [0.717, 1.165) is 18.9 Å². The number of rotatable bonds is 2. The van der Waals surface area contributed by atoms with Gasteiger partial charge in [-0.05, 0) is 36.6 Å². The van der Waals surface area contributed by atoms with Crippen LogP contribution >= 0.6 is 12.4 Å². The van der Waals surface area contributed by atoms with Crippen LogP contribution in [-0.4, -0.2) is 32.2 Å². The summed E-state index contributed by atoms with van der Waals surface area (Å²) in [6.07, 6.45) is 3.15. The highest BCUT2D eigenvalue weighted by Crippen LogP contribution is 2.23. The monoisotopic (exact) mass is 227 g/mol. The molecule has 1 N–H and O–H groups in total. The molecule has 0 amide bonds. The third-order valence-corrected chi connectivity index (χ3v) is 2.76. The number of anilines is 1. The van der Waals surface area contributed by atoms with E-state index in [4.69, 9.17) is 0 Å². The Morgan fingerprint density at radius 2 is 2.27 bits per heavy atom. The minimum absolute atomic E-state index is 0. The summed E-state index contributed by atoms with van der Waals surface area (Å²) in [5.74, 6) is 1.73. The molecule has 0 saturated carbocycles. The van der Waals surface area contributed by atoms with Crippen LogP contribution in [0.15, 0.2) is 18.3 Å². The van der Waals surface area contributed by atoms with E-state index in [0.29, 0.717) is 5.92 Å². The van der Waals surface area contributed by atoms with Gasteiger partial charge in [-0.25, -0.2) is 4.98 Å². The first-order valence-corrected chi connectivity index (χ1v) is 5.11. The molecule has 15 heavy (non-hydrogen) atoms.